The first kappa shape index (κ1) is 15.6. The van der Waals surface area contributed by atoms with Gasteiger partial charge in [-0.05, 0) is 0 Å². The molecule has 0 nitrogen and oxygen atoms in total. The normalized spacial score (nSPS) is 30.0. The van der Waals surface area contributed by atoms with Crippen molar-refractivity contribution in [1.82, 2.24) is 0 Å². The molecule has 0 aromatic heterocycles. The van der Waals surface area contributed by atoms with E-state index < -0.39 is 0 Å². The van der Waals surface area contributed by atoms with Crippen LogP contribution in [0.25, 0.3) is 0 Å². The maximum absolute atomic E-state index is 2.92. The first-order valence-electron chi connectivity index (χ1n) is 6.41. The predicted molar refractivity (Wildman–Crippen MR) is 88.1 cm³/mol. The third-order valence-electron chi connectivity index (χ3n) is 3.07. The van der Waals surface area contributed by atoms with E-state index in [0.29, 0.717) is 0 Å². The molecule has 2 aliphatic heterocycles. The van der Waals surface area contributed by atoms with Crippen LogP contribution in [-0.2, 0) is 0 Å². The summed E-state index contributed by atoms with van der Waals surface area (Å²) in [6, 6.07) is 0. The molecule has 100 valence electrons. The zero-order valence-corrected chi connectivity index (χ0v) is 17.2. The molecule has 2 heterocycles. The molecule has 0 spiro atoms. The van der Waals surface area contributed by atoms with Crippen molar-refractivity contribution in [2.45, 2.75) is 56.5 Å². The molecule has 5 heteroatoms. The Morgan fingerprint density at radius 3 is 1.71 bits per heavy atom. The summed E-state index contributed by atoms with van der Waals surface area (Å²) in [5, 5.41) is 5.09. The average Bonchev–Trinajstić information content (AvgIpc) is 3.13. The Morgan fingerprint density at radius 1 is 0.941 bits per heavy atom. The second-order valence-electron chi connectivity index (χ2n) is 4.88. The van der Waals surface area contributed by atoms with E-state index in [4.69, 9.17) is 0 Å². The van der Waals surface area contributed by atoms with Gasteiger partial charge in [0.15, 0.2) is 0 Å². The first-order valence-corrected chi connectivity index (χ1v) is 13.1. The summed E-state index contributed by atoms with van der Waals surface area (Å²) in [5.41, 5.74) is 0. The van der Waals surface area contributed by atoms with Crippen LogP contribution in [-0.4, -0.2) is 69.0 Å². The van der Waals surface area contributed by atoms with Gasteiger partial charge in [0.2, 0.25) is 0 Å². The Morgan fingerprint density at radius 2 is 1.35 bits per heavy atom. The average molecular weight is 467 g/mol. The molecule has 0 N–H and O–H groups in total. The summed E-state index contributed by atoms with van der Waals surface area (Å²) in [6.45, 7) is 0. The number of hydrogen-bond donors (Lipinski definition) is 0. The molecular formula is C12H22S2Se3. The molecule has 0 aliphatic carbocycles. The second-order valence-corrected chi connectivity index (χ2v) is 13.2. The molecule has 4 unspecified atom stereocenters. The van der Waals surface area contributed by atoms with Crippen LogP contribution in [0.1, 0.15) is 25.7 Å². The molecule has 2 saturated heterocycles. The van der Waals surface area contributed by atoms with Gasteiger partial charge in [0, 0.05) is 0 Å². The van der Waals surface area contributed by atoms with Gasteiger partial charge in [-0.25, -0.2) is 0 Å². The molecule has 2 fully saturated rings. The Bertz CT molecular complexity index is 198. The molecule has 0 amide bonds. The quantitative estimate of drug-likeness (QED) is 0.276. The first-order chi connectivity index (χ1) is 8.24. The number of thioether (sulfide) groups is 2. The number of hydrogen-bond acceptors (Lipinski definition) is 2. The van der Waals surface area contributed by atoms with Gasteiger partial charge in [0.25, 0.3) is 0 Å². The number of rotatable bonds is 10. The molecule has 2 aliphatic rings. The fourth-order valence-corrected chi connectivity index (χ4v) is 9.33. The third-order valence-corrected chi connectivity index (χ3v) is 9.23. The van der Waals surface area contributed by atoms with Crippen molar-refractivity contribution in [3.63, 3.8) is 0 Å². The molecular weight excluding hydrogens is 445 g/mol. The fourth-order valence-electron chi connectivity index (χ4n) is 1.79. The van der Waals surface area contributed by atoms with Crippen LogP contribution in [0.4, 0.5) is 0 Å². The Labute approximate surface area is 137 Å². The summed E-state index contributed by atoms with van der Waals surface area (Å²) in [5.74, 6) is 2.88. The van der Waals surface area contributed by atoms with Crippen molar-refractivity contribution in [2.75, 3.05) is 11.5 Å². The van der Waals surface area contributed by atoms with Crippen molar-refractivity contribution in [3.05, 3.63) is 0 Å². The minimum absolute atomic E-state index is 0.920. The third kappa shape index (κ3) is 8.20. The molecule has 0 aromatic carbocycles. The summed E-state index contributed by atoms with van der Waals surface area (Å²) in [6.07, 6.45) is 5.87. The van der Waals surface area contributed by atoms with Crippen molar-refractivity contribution in [1.29, 1.82) is 0 Å². The Kier molecular flexibility index (Phi) is 7.84. The van der Waals surface area contributed by atoms with Crippen LogP contribution in [0.2, 0.25) is 20.3 Å². The van der Waals surface area contributed by atoms with E-state index in [0.717, 1.165) is 35.1 Å². The molecule has 0 radical (unpaired) electrons. The summed E-state index contributed by atoms with van der Waals surface area (Å²) in [7, 11) is 0. The zero-order chi connectivity index (χ0) is 12.1. The summed E-state index contributed by atoms with van der Waals surface area (Å²) >= 11 is 11.0. The maximum atomic E-state index is 2.92. The molecule has 4 atom stereocenters. The minimum atomic E-state index is 0.920. The second kappa shape index (κ2) is 8.52. The van der Waals surface area contributed by atoms with Gasteiger partial charge < -0.3 is 0 Å². The van der Waals surface area contributed by atoms with Gasteiger partial charge in [-0.15, -0.1) is 0 Å². The van der Waals surface area contributed by atoms with Crippen LogP contribution < -0.4 is 0 Å². The Hall–Kier alpha value is 2.26. The molecule has 0 saturated carbocycles. The van der Waals surface area contributed by atoms with Gasteiger partial charge in [-0.1, -0.05) is 0 Å². The van der Waals surface area contributed by atoms with E-state index in [2.05, 4.69) is 55.5 Å². The SMILES string of the molecule is [SeH]C(CC[Se]CCC([SeH])CC1CS1)CC1CS1. The monoisotopic (exact) mass is 470 g/mol. The summed E-state index contributed by atoms with van der Waals surface area (Å²) in [4.78, 5) is 1.86. The van der Waals surface area contributed by atoms with Gasteiger partial charge in [0.05, 0.1) is 0 Å². The van der Waals surface area contributed by atoms with Crippen LogP contribution in [0.15, 0.2) is 0 Å². The Balaban J connectivity index is 1.37. The van der Waals surface area contributed by atoms with Crippen LogP contribution >= 0.6 is 23.5 Å². The van der Waals surface area contributed by atoms with Gasteiger partial charge >= 0.3 is 138 Å². The van der Waals surface area contributed by atoms with E-state index in [-0.39, 0.29) is 0 Å². The fraction of sp³-hybridized carbons (Fsp3) is 1.00. The van der Waals surface area contributed by atoms with E-state index >= 15 is 0 Å². The van der Waals surface area contributed by atoms with Gasteiger partial charge in [-0.2, -0.15) is 0 Å². The van der Waals surface area contributed by atoms with Crippen LogP contribution in [0.5, 0.6) is 0 Å². The standard InChI is InChI=1S/C12H22S2Se3/c15-11(5-9-7-13-9)1-3-17-4-2-12(16)6-10-8-14-10/h9-12,15-16H,1-8H2. The van der Waals surface area contributed by atoms with Crippen molar-refractivity contribution >= 4 is 70.5 Å². The molecule has 17 heavy (non-hydrogen) atoms. The molecule has 0 aromatic rings. The van der Waals surface area contributed by atoms with Gasteiger partial charge in [0.1, 0.15) is 0 Å². The van der Waals surface area contributed by atoms with Crippen LogP contribution in [0.3, 0.4) is 0 Å². The van der Waals surface area contributed by atoms with E-state index in [1.54, 1.807) is 0 Å². The predicted octanol–water partition coefficient (Wildman–Crippen LogP) is 2.70. The summed E-state index contributed by atoms with van der Waals surface area (Å²) < 4.78 is 0. The molecule has 0 bridgehead atoms. The van der Waals surface area contributed by atoms with E-state index in [1.165, 1.54) is 47.8 Å². The van der Waals surface area contributed by atoms with Gasteiger partial charge in [-0.3, -0.25) is 0 Å². The van der Waals surface area contributed by atoms with E-state index in [9.17, 15) is 0 Å². The van der Waals surface area contributed by atoms with Crippen molar-refractivity contribution in [2.24, 2.45) is 0 Å². The molecule has 2 rings (SSSR count). The zero-order valence-electron chi connectivity index (χ0n) is 10.1. The van der Waals surface area contributed by atoms with Crippen molar-refractivity contribution in [3.8, 4) is 0 Å². The topological polar surface area (TPSA) is 0 Å². The van der Waals surface area contributed by atoms with Crippen LogP contribution in [0, 0.1) is 0 Å². The van der Waals surface area contributed by atoms with Crippen molar-refractivity contribution < 1.29 is 0 Å². The van der Waals surface area contributed by atoms with E-state index in [1.807, 2.05) is 0 Å².